The van der Waals surface area contributed by atoms with Gasteiger partial charge in [0.1, 0.15) is 23.7 Å². The van der Waals surface area contributed by atoms with Gasteiger partial charge in [0.2, 0.25) is 29.5 Å². The molecular weight excluding hydrogens is 629 g/mol. The van der Waals surface area contributed by atoms with E-state index in [-0.39, 0.29) is 37.0 Å². The molecule has 1 spiro atoms. The number of aromatic nitrogens is 1. The molecular formula is C32H50N6O6S2. The van der Waals surface area contributed by atoms with Crippen molar-refractivity contribution in [2.24, 2.45) is 17.6 Å². The highest BCUT2D eigenvalue weighted by molar-refractivity contribution is 7.98. The fourth-order valence-corrected chi connectivity index (χ4v) is 7.13. The first-order valence-corrected chi connectivity index (χ1v) is 18.4. The highest BCUT2D eigenvalue weighted by atomic mass is 32.2. The van der Waals surface area contributed by atoms with Crippen LogP contribution in [0.2, 0.25) is 0 Å². The van der Waals surface area contributed by atoms with Crippen LogP contribution < -0.4 is 27.0 Å². The number of ether oxygens (including phenoxy) is 1. The Hall–Kier alpha value is -2.84. The van der Waals surface area contributed by atoms with Crippen molar-refractivity contribution < 1.29 is 28.7 Å². The van der Waals surface area contributed by atoms with Gasteiger partial charge < -0.3 is 31.7 Å². The lowest BCUT2D eigenvalue weighted by Crippen LogP contribution is -2.65. The SMILES string of the molecule is CC[C@H](C)[C@@H]1NC(=O)[C@H](CC(C)C)NC(=O)C2(CCOCC2)NC(=O)CCSCc2cccc(n2)CSCC[C@@H](C(N)=O)NC1=O. The normalized spacial score (nSPS) is 25.1. The number of hydrogen-bond acceptors (Lipinski definition) is 9. The molecule has 14 heteroatoms. The molecule has 0 aromatic carbocycles. The van der Waals surface area contributed by atoms with E-state index in [9.17, 15) is 24.0 Å². The number of rotatable bonds is 5. The third-order valence-electron chi connectivity index (χ3n) is 8.33. The zero-order chi connectivity index (χ0) is 33.7. The van der Waals surface area contributed by atoms with E-state index in [2.05, 4.69) is 21.3 Å². The Labute approximate surface area is 280 Å². The van der Waals surface area contributed by atoms with Gasteiger partial charge in [-0.15, -0.1) is 0 Å². The summed E-state index contributed by atoms with van der Waals surface area (Å²) in [6.07, 6.45) is 1.99. The average Bonchev–Trinajstić information content (AvgIpc) is 3.02. The molecule has 0 unspecified atom stereocenters. The Balaban J connectivity index is 1.90. The molecule has 46 heavy (non-hydrogen) atoms. The second-order valence-corrected chi connectivity index (χ2v) is 14.7. The predicted octanol–water partition coefficient (Wildman–Crippen LogP) is 2.04. The maximum absolute atomic E-state index is 13.9. The maximum Gasteiger partial charge on any atom is 0.246 e. The van der Waals surface area contributed by atoms with Crippen molar-refractivity contribution in [3.8, 4) is 0 Å². The van der Waals surface area contributed by atoms with Crippen LogP contribution in [0.3, 0.4) is 0 Å². The van der Waals surface area contributed by atoms with E-state index in [4.69, 9.17) is 15.5 Å². The van der Waals surface area contributed by atoms with Gasteiger partial charge in [-0.3, -0.25) is 29.0 Å². The number of pyridine rings is 1. The summed E-state index contributed by atoms with van der Waals surface area (Å²) in [7, 11) is 0. The average molecular weight is 679 g/mol. The lowest BCUT2D eigenvalue weighted by Gasteiger charge is -2.38. The Morgan fingerprint density at radius 3 is 2.26 bits per heavy atom. The van der Waals surface area contributed by atoms with Crippen LogP contribution in [0, 0.1) is 11.8 Å². The van der Waals surface area contributed by atoms with Crippen molar-refractivity contribution >= 4 is 53.1 Å². The van der Waals surface area contributed by atoms with Crippen LogP contribution in [0.4, 0.5) is 0 Å². The number of nitrogens with zero attached hydrogens (tertiary/aromatic N) is 1. The van der Waals surface area contributed by atoms with Crippen molar-refractivity contribution in [3.05, 3.63) is 29.6 Å². The van der Waals surface area contributed by atoms with E-state index < -0.39 is 47.3 Å². The van der Waals surface area contributed by atoms with Crippen LogP contribution in [-0.4, -0.2) is 82.9 Å². The molecule has 6 N–H and O–H groups in total. The van der Waals surface area contributed by atoms with Gasteiger partial charge in [-0.1, -0.05) is 40.2 Å². The Morgan fingerprint density at radius 1 is 1.00 bits per heavy atom. The minimum absolute atomic E-state index is 0.0400. The monoisotopic (exact) mass is 678 g/mol. The third kappa shape index (κ3) is 11.4. The van der Waals surface area contributed by atoms with Crippen molar-refractivity contribution in [1.29, 1.82) is 0 Å². The van der Waals surface area contributed by atoms with Gasteiger partial charge in [0.05, 0.1) is 11.4 Å². The Bertz CT molecular complexity index is 1210. The number of thioether (sulfide) groups is 2. The fraction of sp³-hybridized carbons (Fsp3) is 0.688. The minimum atomic E-state index is -1.22. The number of nitrogens with one attached hydrogen (secondary N) is 4. The van der Waals surface area contributed by atoms with E-state index in [1.54, 1.807) is 23.5 Å². The number of nitrogens with two attached hydrogens (primary N) is 1. The predicted molar refractivity (Wildman–Crippen MR) is 181 cm³/mol. The van der Waals surface area contributed by atoms with Gasteiger partial charge in [-0.05, 0) is 42.6 Å². The second kappa shape index (κ2) is 18.5. The molecule has 1 aromatic heterocycles. The lowest BCUT2D eigenvalue weighted by atomic mass is 9.87. The minimum Gasteiger partial charge on any atom is -0.381 e. The van der Waals surface area contributed by atoms with Gasteiger partial charge in [0.15, 0.2) is 0 Å². The van der Waals surface area contributed by atoms with Crippen molar-refractivity contribution in [1.82, 2.24) is 26.3 Å². The summed E-state index contributed by atoms with van der Waals surface area (Å²) in [5.74, 6) is -0.246. The number of amides is 5. The summed E-state index contributed by atoms with van der Waals surface area (Å²) >= 11 is 3.17. The summed E-state index contributed by atoms with van der Waals surface area (Å²) in [5, 5.41) is 11.5. The summed E-state index contributed by atoms with van der Waals surface area (Å²) in [6.45, 7) is 8.21. The number of fused-ring (bicyclic) bond motifs is 2. The molecule has 2 bridgehead atoms. The number of carbonyl (C=O) groups excluding carboxylic acids is 5. The van der Waals surface area contributed by atoms with Crippen LogP contribution in [0.5, 0.6) is 0 Å². The molecule has 2 aliphatic heterocycles. The van der Waals surface area contributed by atoms with Crippen LogP contribution >= 0.6 is 23.5 Å². The molecule has 1 fully saturated rings. The zero-order valence-electron chi connectivity index (χ0n) is 27.4. The molecule has 5 amide bonds. The molecule has 12 nitrogen and oxygen atoms in total. The largest absolute Gasteiger partial charge is 0.381 e. The molecule has 0 radical (unpaired) electrons. The molecule has 3 heterocycles. The third-order valence-corrected chi connectivity index (χ3v) is 10.3. The van der Waals surface area contributed by atoms with Crippen molar-refractivity contribution in [2.45, 2.75) is 101 Å². The van der Waals surface area contributed by atoms with Crippen LogP contribution in [0.15, 0.2) is 18.2 Å². The quantitative estimate of drug-likeness (QED) is 0.311. The van der Waals surface area contributed by atoms with Gasteiger partial charge in [0, 0.05) is 49.7 Å². The Kier molecular flexibility index (Phi) is 15.1. The molecule has 2 aliphatic rings. The van der Waals surface area contributed by atoms with E-state index in [1.165, 1.54) is 0 Å². The van der Waals surface area contributed by atoms with E-state index in [0.29, 0.717) is 55.5 Å². The standard InChI is InChI=1S/C32H50N6O6S2/c1-5-21(4)27-30(42)35-24(28(33)40)9-15-45-18-22-7-6-8-23(34-22)19-46-16-10-26(39)38-32(11-13-44-14-12-32)31(43)36-25(17-20(2)3)29(41)37-27/h6-8,20-21,24-25,27H,5,9-19H2,1-4H3,(H2,33,40)(H,35,42)(H,36,43)(H,37,41)(H,38,39)/t21-,24-,25-,27-/m0/s1. The van der Waals surface area contributed by atoms with E-state index in [0.717, 1.165) is 11.4 Å². The van der Waals surface area contributed by atoms with Crippen LogP contribution in [-0.2, 0) is 40.2 Å². The fourth-order valence-electron chi connectivity index (χ4n) is 5.37. The highest BCUT2D eigenvalue weighted by Gasteiger charge is 2.43. The first-order chi connectivity index (χ1) is 21.9. The highest BCUT2D eigenvalue weighted by Crippen LogP contribution is 2.23. The number of hydrogen-bond donors (Lipinski definition) is 5. The van der Waals surface area contributed by atoms with Gasteiger partial charge in [-0.25, -0.2) is 0 Å². The second-order valence-electron chi connectivity index (χ2n) is 12.5. The molecule has 1 aromatic rings. The van der Waals surface area contributed by atoms with Crippen LogP contribution in [0.25, 0.3) is 0 Å². The van der Waals surface area contributed by atoms with Crippen molar-refractivity contribution in [2.75, 3.05) is 24.7 Å². The van der Waals surface area contributed by atoms with Gasteiger partial charge >= 0.3 is 0 Å². The van der Waals surface area contributed by atoms with Crippen LogP contribution in [0.1, 0.15) is 77.6 Å². The first kappa shape index (κ1) is 37.6. The molecule has 256 valence electrons. The van der Waals surface area contributed by atoms with E-state index in [1.807, 2.05) is 45.9 Å². The molecule has 0 aliphatic carbocycles. The molecule has 4 atom stereocenters. The summed E-state index contributed by atoms with van der Waals surface area (Å²) in [6, 6.07) is 3.01. The zero-order valence-corrected chi connectivity index (χ0v) is 29.0. The summed E-state index contributed by atoms with van der Waals surface area (Å²) in [5.41, 5.74) is 6.24. The maximum atomic E-state index is 13.9. The number of carbonyl (C=O) groups is 5. The molecule has 3 rings (SSSR count). The molecule has 1 saturated heterocycles. The van der Waals surface area contributed by atoms with E-state index >= 15 is 0 Å². The van der Waals surface area contributed by atoms with Gasteiger partial charge in [0.25, 0.3) is 0 Å². The first-order valence-electron chi connectivity index (χ1n) is 16.1. The topological polar surface area (TPSA) is 182 Å². The Morgan fingerprint density at radius 2 is 1.65 bits per heavy atom. The lowest BCUT2D eigenvalue weighted by molar-refractivity contribution is -0.140. The smallest absolute Gasteiger partial charge is 0.246 e. The van der Waals surface area contributed by atoms with Crippen molar-refractivity contribution in [3.63, 3.8) is 0 Å². The summed E-state index contributed by atoms with van der Waals surface area (Å²) < 4.78 is 5.52. The molecule has 0 saturated carbocycles. The van der Waals surface area contributed by atoms with Gasteiger partial charge in [-0.2, -0.15) is 23.5 Å². The summed E-state index contributed by atoms with van der Waals surface area (Å²) in [4.78, 5) is 71.4. The number of primary amides is 1.